The van der Waals surface area contributed by atoms with Gasteiger partial charge in [-0.2, -0.15) is 0 Å². The van der Waals surface area contributed by atoms with Gasteiger partial charge >= 0.3 is 0 Å². The molecule has 0 aliphatic carbocycles. The topological polar surface area (TPSA) is 58.6 Å². The number of ether oxygens (including phenoxy) is 3. The molecule has 0 radical (unpaired) electrons. The van der Waals surface area contributed by atoms with Crippen molar-refractivity contribution in [2.45, 2.75) is 33.1 Å². The standard InChI is InChI=1S/C20H40N4O3.HI/c1-3-5-11-25-15-16-26-12-7-22-20(21-4-2)24-8-6-19(18-24)17-23-9-13-27-14-10-23;/h19H,3-18H2,1-2H3,(H,21,22);1H. The summed E-state index contributed by atoms with van der Waals surface area (Å²) in [5, 5.41) is 3.44. The van der Waals surface area contributed by atoms with Crippen LogP contribution in [0.4, 0.5) is 0 Å². The van der Waals surface area contributed by atoms with Gasteiger partial charge in [0, 0.05) is 45.9 Å². The number of morpholine rings is 1. The second-order valence-electron chi connectivity index (χ2n) is 7.33. The Morgan fingerprint density at radius 2 is 1.82 bits per heavy atom. The van der Waals surface area contributed by atoms with E-state index in [1.807, 2.05) is 0 Å². The molecule has 166 valence electrons. The predicted molar refractivity (Wildman–Crippen MR) is 125 cm³/mol. The number of nitrogens with one attached hydrogen (secondary N) is 1. The third kappa shape index (κ3) is 10.6. The van der Waals surface area contributed by atoms with Gasteiger partial charge < -0.3 is 24.4 Å². The molecule has 0 saturated carbocycles. The maximum Gasteiger partial charge on any atom is 0.194 e. The summed E-state index contributed by atoms with van der Waals surface area (Å²) in [6.45, 7) is 16.0. The van der Waals surface area contributed by atoms with Crippen LogP contribution in [0.25, 0.3) is 0 Å². The lowest BCUT2D eigenvalue weighted by atomic mass is 10.1. The van der Waals surface area contributed by atoms with Gasteiger partial charge in [-0.05, 0) is 25.7 Å². The first-order valence-electron chi connectivity index (χ1n) is 10.8. The average Bonchev–Trinajstić information content (AvgIpc) is 3.15. The first-order chi connectivity index (χ1) is 13.3. The largest absolute Gasteiger partial charge is 0.379 e. The fourth-order valence-electron chi connectivity index (χ4n) is 3.53. The van der Waals surface area contributed by atoms with Crippen LogP contribution in [0.3, 0.4) is 0 Å². The summed E-state index contributed by atoms with van der Waals surface area (Å²) in [5.41, 5.74) is 0. The molecule has 0 bridgehead atoms. The van der Waals surface area contributed by atoms with Gasteiger partial charge in [-0.25, -0.2) is 0 Å². The lowest BCUT2D eigenvalue weighted by molar-refractivity contribution is 0.0315. The van der Waals surface area contributed by atoms with E-state index in [4.69, 9.17) is 19.2 Å². The average molecular weight is 512 g/mol. The smallest absolute Gasteiger partial charge is 0.194 e. The number of guanidine groups is 1. The van der Waals surface area contributed by atoms with Gasteiger partial charge in [0.1, 0.15) is 0 Å². The molecule has 1 N–H and O–H groups in total. The van der Waals surface area contributed by atoms with Gasteiger partial charge in [-0.3, -0.25) is 9.89 Å². The summed E-state index contributed by atoms with van der Waals surface area (Å²) >= 11 is 0. The van der Waals surface area contributed by atoms with E-state index in [1.54, 1.807) is 0 Å². The monoisotopic (exact) mass is 512 g/mol. The first-order valence-corrected chi connectivity index (χ1v) is 10.8. The summed E-state index contributed by atoms with van der Waals surface area (Å²) in [4.78, 5) is 9.70. The van der Waals surface area contributed by atoms with Crippen LogP contribution in [0.2, 0.25) is 0 Å². The van der Waals surface area contributed by atoms with E-state index in [0.29, 0.717) is 26.4 Å². The van der Waals surface area contributed by atoms with Crippen molar-refractivity contribution in [2.24, 2.45) is 10.9 Å². The van der Waals surface area contributed by atoms with Crippen LogP contribution in [-0.4, -0.2) is 101 Å². The first kappa shape index (κ1) is 25.9. The number of hydrogen-bond acceptors (Lipinski definition) is 5. The Kier molecular flexibility index (Phi) is 15.4. The van der Waals surface area contributed by atoms with E-state index in [9.17, 15) is 0 Å². The number of hydrogen-bond donors (Lipinski definition) is 1. The third-order valence-corrected chi connectivity index (χ3v) is 5.05. The molecule has 1 atom stereocenters. The number of nitrogens with zero attached hydrogens (tertiary/aromatic N) is 3. The quantitative estimate of drug-likeness (QED) is 0.187. The van der Waals surface area contributed by atoms with Crippen LogP contribution in [0.1, 0.15) is 33.1 Å². The number of rotatable bonds is 12. The van der Waals surface area contributed by atoms with E-state index in [0.717, 1.165) is 70.8 Å². The normalized spacial score (nSPS) is 21.0. The summed E-state index contributed by atoms with van der Waals surface area (Å²) in [7, 11) is 0. The van der Waals surface area contributed by atoms with Crippen LogP contribution in [-0.2, 0) is 14.2 Å². The molecule has 8 heteroatoms. The summed E-state index contributed by atoms with van der Waals surface area (Å²) in [5.74, 6) is 1.76. The van der Waals surface area contributed by atoms with Crippen LogP contribution < -0.4 is 5.32 Å². The highest BCUT2D eigenvalue weighted by Gasteiger charge is 2.26. The number of unbranched alkanes of at least 4 members (excludes halogenated alkanes) is 1. The molecule has 2 saturated heterocycles. The van der Waals surface area contributed by atoms with Crippen LogP contribution in [0.5, 0.6) is 0 Å². The molecule has 1 unspecified atom stereocenters. The van der Waals surface area contributed by atoms with Gasteiger partial charge in [0.25, 0.3) is 0 Å². The summed E-state index contributed by atoms with van der Waals surface area (Å²) < 4.78 is 16.6. The van der Waals surface area contributed by atoms with Crippen molar-refractivity contribution in [3.8, 4) is 0 Å². The molecule has 2 aliphatic rings. The molecule has 2 rings (SSSR count). The Bertz CT molecular complexity index is 409. The zero-order valence-electron chi connectivity index (χ0n) is 17.9. The molecule has 0 spiro atoms. The van der Waals surface area contributed by atoms with Gasteiger partial charge in [-0.1, -0.05) is 13.3 Å². The molecule has 2 fully saturated rings. The van der Waals surface area contributed by atoms with Gasteiger partial charge in [0.15, 0.2) is 5.96 Å². The molecule has 2 heterocycles. The van der Waals surface area contributed by atoms with Crippen molar-refractivity contribution in [3.63, 3.8) is 0 Å². The molecule has 0 aromatic rings. The van der Waals surface area contributed by atoms with Crippen molar-refractivity contribution in [1.82, 2.24) is 15.1 Å². The minimum atomic E-state index is 0. The molecule has 0 amide bonds. The maximum atomic E-state index is 5.63. The Morgan fingerprint density at radius 3 is 2.54 bits per heavy atom. The molecule has 0 aromatic heterocycles. The SMILES string of the molecule is CCCCOCCOCCN=C(NCC)N1CCC(CN2CCOCC2)C1.I. The fourth-order valence-corrected chi connectivity index (χ4v) is 3.53. The molecule has 0 aromatic carbocycles. The second kappa shape index (κ2) is 16.6. The molecule has 28 heavy (non-hydrogen) atoms. The molecular formula is C20H41IN4O3. The third-order valence-electron chi connectivity index (χ3n) is 5.05. The maximum absolute atomic E-state index is 5.63. The highest BCUT2D eigenvalue weighted by atomic mass is 127. The lowest BCUT2D eigenvalue weighted by Gasteiger charge is -2.29. The number of aliphatic imine (C=N–C) groups is 1. The van der Waals surface area contributed by atoms with Crippen LogP contribution in [0, 0.1) is 5.92 Å². The highest BCUT2D eigenvalue weighted by Crippen LogP contribution is 2.18. The van der Waals surface area contributed by atoms with Crippen LogP contribution >= 0.6 is 24.0 Å². The Labute approximate surface area is 188 Å². The Hall–Kier alpha value is -0.160. The number of halogens is 1. The van der Waals surface area contributed by atoms with Crippen molar-refractivity contribution in [1.29, 1.82) is 0 Å². The number of likely N-dealkylation sites (tertiary alicyclic amines) is 1. The predicted octanol–water partition coefficient (Wildman–Crippen LogP) is 2.06. The van der Waals surface area contributed by atoms with Crippen molar-refractivity contribution >= 4 is 29.9 Å². The Morgan fingerprint density at radius 1 is 1.07 bits per heavy atom. The van der Waals surface area contributed by atoms with Gasteiger partial charge in [0.05, 0.1) is 39.6 Å². The van der Waals surface area contributed by atoms with E-state index in [-0.39, 0.29) is 24.0 Å². The molecule has 7 nitrogen and oxygen atoms in total. The Balaban J connectivity index is 0.00000392. The van der Waals surface area contributed by atoms with Gasteiger partial charge in [-0.15, -0.1) is 24.0 Å². The molecular weight excluding hydrogens is 471 g/mol. The minimum absolute atomic E-state index is 0. The lowest BCUT2D eigenvalue weighted by Crippen LogP contribution is -2.42. The minimum Gasteiger partial charge on any atom is -0.379 e. The fraction of sp³-hybridized carbons (Fsp3) is 0.950. The van der Waals surface area contributed by atoms with E-state index < -0.39 is 0 Å². The second-order valence-corrected chi connectivity index (χ2v) is 7.33. The van der Waals surface area contributed by atoms with E-state index >= 15 is 0 Å². The van der Waals surface area contributed by atoms with Crippen molar-refractivity contribution < 1.29 is 14.2 Å². The van der Waals surface area contributed by atoms with Crippen LogP contribution in [0.15, 0.2) is 4.99 Å². The van der Waals surface area contributed by atoms with E-state index in [1.165, 1.54) is 19.4 Å². The molecule has 2 aliphatic heterocycles. The summed E-state index contributed by atoms with van der Waals surface area (Å²) in [6.07, 6.45) is 3.54. The zero-order valence-corrected chi connectivity index (χ0v) is 20.2. The zero-order chi connectivity index (χ0) is 19.2. The van der Waals surface area contributed by atoms with Crippen molar-refractivity contribution in [2.75, 3.05) is 85.5 Å². The van der Waals surface area contributed by atoms with E-state index in [2.05, 4.69) is 29.0 Å². The van der Waals surface area contributed by atoms with Crippen molar-refractivity contribution in [3.05, 3.63) is 0 Å². The summed E-state index contributed by atoms with van der Waals surface area (Å²) in [6, 6.07) is 0. The van der Waals surface area contributed by atoms with Gasteiger partial charge in [0.2, 0.25) is 0 Å². The highest BCUT2D eigenvalue weighted by molar-refractivity contribution is 14.0.